The molecule has 1 amide bonds. The lowest BCUT2D eigenvalue weighted by atomic mass is 10.1. The van der Waals surface area contributed by atoms with Crippen LogP contribution in [-0.4, -0.2) is 66.8 Å². The van der Waals surface area contributed by atoms with E-state index in [1.54, 1.807) is 31.4 Å². The van der Waals surface area contributed by atoms with Crippen molar-refractivity contribution < 1.29 is 38.3 Å². The van der Waals surface area contributed by atoms with Crippen molar-refractivity contribution in [2.75, 3.05) is 45.3 Å². The van der Waals surface area contributed by atoms with Crippen LogP contribution in [0, 0.1) is 10.1 Å². The summed E-state index contributed by atoms with van der Waals surface area (Å²) in [6.45, 7) is 2.41. The van der Waals surface area contributed by atoms with E-state index < -0.39 is 22.4 Å². The van der Waals surface area contributed by atoms with Crippen LogP contribution in [0.1, 0.15) is 23.2 Å². The van der Waals surface area contributed by atoms with E-state index >= 15 is 0 Å². The van der Waals surface area contributed by atoms with Gasteiger partial charge < -0.3 is 28.9 Å². The van der Waals surface area contributed by atoms with Gasteiger partial charge in [0.15, 0.2) is 0 Å². The molecule has 0 saturated carbocycles. The number of hydrogen-bond acceptors (Lipinski definition) is 11. The van der Waals surface area contributed by atoms with Crippen LogP contribution in [0.25, 0.3) is 0 Å². The molecule has 1 saturated heterocycles. The quantitative estimate of drug-likeness (QED) is 0.0733. The van der Waals surface area contributed by atoms with E-state index in [1.165, 1.54) is 29.9 Å². The largest absolute Gasteiger partial charge is 0.507 e. The summed E-state index contributed by atoms with van der Waals surface area (Å²) >= 11 is 7.27. The topological polar surface area (TPSA) is 150 Å². The monoisotopic (exact) mass is 571 g/mol. The average molecular weight is 572 g/mol. The molecular formula is C22H26N3O9PS2. The zero-order valence-corrected chi connectivity index (χ0v) is 22.4. The van der Waals surface area contributed by atoms with E-state index in [9.17, 15) is 24.8 Å². The van der Waals surface area contributed by atoms with Gasteiger partial charge in [-0.3, -0.25) is 9.46 Å². The van der Waals surface area contributed by atoms with E-state index in [0.717, 1.165) is 5.30 Å². The van der Waals surface area contributed by atoms with Crippen molar-refractivity contribution in [3.05, 3.63) is 58.1 Å². The fourth-order valence-electron chi connectivity index (χ4n) is 3.41. The van der Waals surface area contributed by atoms with E-state index in [2.05, 4.69) is 14.8 Å². The number of nitrogens with one attached hydrogen (secondary N) is 1. The van der Waals surface area contributed by atoms with E-state index in [4.69, 9.17) is 25.5 Å². The standard InChI is InChI=1S/C22H26N3O9PS2/c1-31-37-35(36,24-10-13-32-14-11-24)18-7-5-17(6-8-18)34-22(28)19-9-4-16(15-20(19)26)23-21(27)3-2-12-33-25(29)30/h4-9,15,26H,2-3,10-14H2,1H3,(H,23,27). The fourth-order valence-corrected chi connectivity index (χ4v) is 8.74. The number of rotatable bonds is 12. The highest BCUT2D eigenvalue weighted by Crippen LogP contribution is 2.61. The second-order valence-corrected chi connectivity index (χ2v) is 14.6. The van der Waals surface area contributed by atoms with Crippen molar-refractivity contribution in [2.45, 2.75) is 12.8 Å². The minimum atomic E-state index is -2.27. The van der Waals surface area contributed by atoms with Gasteiger partial charge in [0, 0.05) is 48.2 Å². The van der Waals surface area contributed by atoms with Crippen molar-refractivity contribution >= 4 is 51.7 Å². The Labute approximate surface area is 222 Å². The lowest BCUT2D eigenvalue weighted by Crippen LogP contribution is -2.35. The molecule has 12 nitrogen and oxygen atoms in total. The van der Waals surface area contributed by atoms with Gasteiger partial charge in [0.1, 0.15) is 22.5 Å². The third-order valence-electron chi connectivity index (χ3n) is 5.16. The zero-order valence-electron chi connectivity index (χ0n) is 19.9. The van der Waals surface area contributed by atoms with Crippen molar-refractivity contribution in [3.8, 4) is 11.5 Å². The van der Waals surface area contributed by atoms with Gasteiger partial charge in [-0.15, -0.1) is 10.1 Å². The summed E-state index contributed by atoms with van der Waals surface area (Å²) < 4.78 is 18.4. The molecule has 0 bridgehead atoms. The van der Waals surface area contributed by atoms with Gasteiger partial charge in [-0.1, -0.05) is 11.8 Å². The summed E-state index contributed by atoms with van der Waals surface area (Å²) in [7, 11) is 1.58. The van der Waals surface area contributed by atoms with Gasteiger partial charge in [-0.2, -0.15) is 0 Å². The van der Waals surface area contributed by atoms with Gasteiger partial charge in [-0.25, -0.2) is 4.79 Å². The third-order valence-corrected chi connectivity index (χ3v) is 11.9. The first-order valence-electron chi connectivity index (χ1n) is 11.1. The average Bonchev–Trinajstić information content (AvgIpc) is 2.87. The number of phenolic OH excluding ortho intramolecular Hbond substituents is 1. The second kappa shape index (κ2) is 13.7. The molecule has 1 fully saturated rings. The lowest BCUT2D eigenvalue weighted by molar-refractivity contribution is -0.757. The Morgan fingerprint density at radius 3 is 2.57 bits per heavy atom. The van der Waals surface area contributed by atoms with Crippen LogP contribution >= 0.6 is 17.1 Å². The maximum atomic E-state index is 12.6. The third kappa shape index (κ3) is 8.12. The molecule has 0 spiro atoms. The Morgan fingerprint density at radius 1 is 1.24 bits per heavy atom. The number of esters is 1. The summed E-state index contributed by atoms with van der Waals surface area (Å²) in [6, 6.07) is 10.9. The van der Waals surface area contributed by atoms with Crippen LogP contribution in [0.2, 0.25) is 0 Å². The molecule has 0 aliphatic carbocycles. The minimum absolute atomic E-state index is 0.0172. The number of carbonyl (C=O) groups excluding carboxylic acids is 2. The highest BCUT2D eigenvalue weighted by molar-refractivity contribution is 8.70. The van der Waals surface area contributed by atoms with Crippen molar-refractivity contribution in [1.82, 2.24) is 4.67 Å². The van der Waals surface area contributed by atoms with Gasteiger partial charge >= 0.3 is 5.97 Å². The molecule has 15 heteroatoms. The Kier molecular flexibility index (Phi) is 10.7. The number of nitrogens with zero attached hydrogens (tertiary/aromatic N) is 2. The number of aromatic hydroxyl groups is 1. The first-order chi connectivity index (χ1) is 17.7. The van der Waals surface area contributed by atoms with E-state index in [1.807, 2.05) is 0 Å². The van der Waals surface area contributed by atoms with Gasteiger partial charge in [0.25, 0.3) is 5.09 Å². The minimum Gasteiger partial charge on any atom is -0.507 e. The molecule has 200 valence electrons. The first kappa shape index (κ1) is 28.8. The summed E-state index contributed by atoms with van der Waals surface area (Å²) in [5.41, 5.74) is 0.165. The summed E-state index contributed by atoms with van der Waals surface area (Å²) in [5.74, 6) is -1.31. The summed E-state index contributed by atoms with van der Waals surface area (Å²) in [6.07, 6.45) is 0.129. The molecular weight excluding hydrogens is 545 g/mol. The number of hydrogen-bond donors (Lipinski definition) is 2. The van der Waals surface area contributed by atoms with Gasteiger partial charge in [-0.05, 0) is 42.8 Å². The molecule has 2 aromatic carbocycles. The summed E-state index contributed by atoms with van der Waals surface area (Å²) in [5, 5.41) is 20.6. The Bertz CT molecular complexity index is 1160. The van der Waals surface area contributed by atoms with Crippen LogP contribution in [-0.2, 0) is 30.4 Å². The van der Waals surface area contributed by atoms with Crippen LogP contribution in [0.4, 0.5) is 5.69 Å². The first-order valence-corrected chi connectivity index (χ1v) is 15.2. The molecule has 1 unspecified atom stereocenters. The Hall–Kier alpha value is -2.74. The van der Waals surface area contributed by atoms with Crippen LogP contribution in [0.5, 0.6) is 11.5 Å². The number of morpholine rings is 1. The molecule has 3 rings (SSSR count). The fraction of sp³-hybridized carbons (Fsp3) is 0.364. The predicted octanol–water partition coefficient (Wildman–Crippen LogP) is 3.10. The molecule has 1 aliphatic rings. The molecule has 0 radical (unpaired) electrons. The maximum Gasteiger partial charge on any atom is 0.347 e. The molecule has 2 aromatic rings. The Balaban J connectivity index is 1.61. The molecule has 0 aromatic heterocycles. The van der Waals surface area contributed by atoms with Crippen LogP contribution in [0.15, 0.2) is 42.5 Å². The number of benzene rings is 2. The van der Waals surface area contributed by atoms with Crippen LogP contribution < -0.4 is 15.4 Å². The Morgan fingerprint density at radius 2 is 1.95 bits per heavy atom. The highest BCUT2D eigenvalue weighted by Gasteiger charge is 2.31. The number of phenols is 1. The van der Waals surface area contributed by atoms with Gasteiger partial charge in [0.05, 0.1) is 26.9 Å². The normalized spacial score (nSPS) is 15.4. The van der Waals surface area contributed by atoms with Gasteiger partial charge in [0.2, 0.25) is 5.91 Å². The van der Waals surface area contributed by atoms with E-state index in [0.29, 0.717) is 26.3 Å². The van der Waals surface area contributed by atoms with Crippen molar-refractivity contribution in [3.63, 3.8) is 0 Å². The second-order valence-electron chi connectivity index (χ2n) is 7.65. The molecule has 1 atom stereocenters. The van der Waals surface area contributed by atoms with Crippen molar-refractivity contribution in [1.29, 1.82) is 0 Å². The van der Waals surface area contributed by atoms with Crippen LogP contribution in [0.3, 0.4) is 0 Å². The maximum absolute atomic E-state index is 12.6. The van der Waals surface area contributed by atoms with E-state index in [-0.39, 0.29) is 42.2 Å². The predicted molar refractivity (Wildman–Crippen MR) is 141 cm³/mol. The molecule has 1 aliphatic heterocycles. The number of carbonyl (C=O) groups is 2. The number of ether oxygens (including phenoxy) is 2. The lowest BCUT2D eigenvalue weighted by Gasteiger charge is -2.36. The van der Waals surface area contributed by atoms with Crippen molar-refractivity contribution in [2.24, 2.45) is 0 Å². The molecule has 37 heavy (non-hydrogen) atoms. The molecule has 1 heterocycles. The zero-order chi connectivity index (χ0) is 26.8. The summed E-state index contributed by atoms with van der Waals surface area (Å²) in [4.78, 5) is 38.8. The number of anilines is 1. The molecule has 2 N–H and O–H groups in total. The highest BCUT2D eigenvalue weighted by atomic mass is 32.9. The number of amides is 1. The smallest absolute Gasteiger partial charge is 0.347 e. The SMILES string of the molecule is COSP(=S)(c1ccc(OC(=O)c2ccc(NC(=O)CCCO[N+](=O)[O-])cc2O)cc1)N1CCOCC1.